The summed E-state index contributed by atoms with van der Waals surface area (Å²) in [5.41, 5.74) is -1.38. The quantitative estimate of drug-likeness (QED) is 0.623. The van der Waals surface area contributed by atoms with E-state index in [2.05, 4.69) is 0 Å². The second-order valence-corrected chi connectivity index (χ2v) is 6.70. The number of benzene rings is 2. The fraction of sp³-hybridized carbons (Fsp3) is 0.333. The van der Waals surface area contributed by atoms with Gasteiger partial charge < -0.3 is 0 Å². The average Bonchev–Trinajstić information content (AvgIpc) is 3.48. The number of hydrogen-bond acceptors (Lipinski definition) is 4. The van der Waals surface area contributed by atoms with Crippen LogP contribution in [0.2, 0.25) is 0 Å². The molecule has 0 aromatic heterocycles. The van der Waals surface area contributed by atoms with Crippen molar-refractivity contribution >= 4 is 0 Å². The SMILES string of the molecule is O=[N+]([O-])[C@]1([C@]2([N+](=O)[O-])C[C@@H]2c2ccccc2)C[C@H]1c1ccccc1. The van der Waals surface area contributed by atoms with Crippen molar-refractivity contribution in [3.05, 3.63) is 92.0 Å². The van der Waals surface area contributed by atoms with Crippen LogP contribution in [0.5, 0.6) is 0 Å². The van der Waals surface area contributed by atoms with E-state index >= 15 is 0 Å². The predicted octanol–water partition coefficient (Wildman–Crippen LogP) is 3.39. The molecule has 6 nitrogen and oxygen atoms in total. The van der Waals surface area contributed by atoms with Crippen LogP contribution in [0, 0.1) is 20.2 Å². The minimum absolute atomic E-state index is 0.230. The fourth-order valence-corrected chi connectivity index (χ4v) is 4.34. The van der Waals surface area contributed by atoms with Gasteiger partial charge in [-0.15, -0.1) is 0 Å². The Hall–Kier alpha value is -2.76. The lowest BCUT2D eigenvalue weighted by Crippen LogP contribution is -2.46. The molecule has 0 bridgehead atoms. The minimum atomic E-state index is -1.50. The Kier molecular flexibility index (Phi) is 3.00. The Balaban J connectivity index is 1.76. The van der Waals surface area contributed by atoms with E-state index in [4.69, 9.17) is 0 Å². The monoisotopic (exact) mass is 324 g/mol. The molecule has 2 saturated carbocycles. The van der Waals surface area contributed by atoms with Crippen LogP contribution in [0.1, 0.15) is 35.8 Å². The predicted molar refractivity (Wildman–Crippen MR) is 87.1 cm³/mol. The minimum Gasteiger partial charge on any atom is -0.264 e. The second-order valence-electron chi connectivity index (χ2n) is 6.70. The van der Waals surface area contributed by atoms with E-state index in [-0.39, 0.29) is 12.8 Å². The van der Waals surface area contributed by atoms with E-state index in [1.165, 1.54) is 0 Å². The molecule has 4 atom stereocenters. The Bertz CT molecular complexity index is 741. The zero-order valence-electron chi connectivity index (χ0n) is 12.9. The van der Waals surface area contributed by atoms with E-state index in [1.54, 1.807) is 0 Å². The van der Waals surface area contributed by atoms with Gasteiger partial charge in [0.05, 0.1) is 11.8 Å². The van der Waals surface area contributed by atoms with Crippen molar-refractivity contribution in [1.29, 1.82) is 0 Å². The topological polar surface area (TPSA) is 86.3 Å². The lowest BCUT2D eigenvalue weighted by atomic mass is 9.93. The summed E-state index contributed by atoms with van der Waals surface area (Å²) >= 11 is 0. The van der Waals surface area contributed by atoms with Crippen LogP contribution in [0.15, 0.2) is 60.7 Å². The summed E-state index contributed by atoms with van der Waals surface area (Å²) in [4.78, 5) is 23.1. The van der Waals surface area contributed by atoms with Crippen molar-refractivity contribution in [2.75, 3.05) is 0 Å². The van der Waals surface area contributed by atoms with Crippen LogP contribution in [0.25, 0.3) is 0 Å². The number of nitrogens with zero attached hydrogens (tertiary/aromatic N) is 2. The van der Waals surface area contributed by atoms with E-state index in [0.29, 0.717) is 0 Å². The maximum absolute atomic E-state index is 11.9. The third kappa shape index (κ3) is 1.76. The molecule has 0 heterocycles. The molecule has 24 heavy (non-hydrogen) atoms. The van der Waals surface area contributed by atoms with Crippen molar-refractivity contribution in [2.45, 2.75) is 35.8 Å². The summed E-state index contributed by atoms with van der Waals surface area (Å²) in [6.07, 6.45) is 0.461. The molecule has 0 saturated heterocycles. The van der Waals surface area contributed by atoms with Crippen LogP contribution in [-0.2, 0) is 0 Å². The molecule has 0 aliphatic heterocycles. The smallest absolute Gasteiger partial charge is 0.264 e. The van der Waals surface area contributed by atoms with Gasteiger partial charge in [0.25, 0.3) is 11.1 Å². The molecule has 6 heteroatoms. The Morgan fingerprint density at radius 3 is 1.33 bits per heavy atom. The van der Waals surface area contributed by atoms with Crippen LogP contribution in [0.3, 0.4) is 0 Å². The van der Waals surface area contributed by atoms with E-state index in [9.17, 15) is 20.2 Å². The first-order valence-electron chi connectivity index (χ1n) is 7.93. The first kappa shape index (κ1) is 14.8. The molecule has 0 spiro atoms. The summed E-state index contributed by atoms with van der Waals surface area (Å²) in [5.74, 6) is -0.791. The number of hydrogen-bond donors (Lipinski definition) is 0. The summed E-state index contributed by atoms with van der Waals surface area (Å²) in [6, 6.07) is 18.2. The maximum atomic E-state index is 11.9. The van der Waals surface area contributed by atoms with Gasteiger partial charge in [-0.05, 0) is 11.1 Å². The van der Waals surface area contributed by atoms with Crippen molar-refractivity contribution in [3.63, 3.8) is 0 Å². The standard InChI is InChI=1S/C18H16N2O4/c21-19(22)17(11-15(17)13-7-3-1-4-8-13)18(20(23)24)12-16(18)14-9-5-2-6-10-14/h1-10,15-16H,11-12H2/t15-,16+,17+,18-. The summed E-state index contributed by atoms with van der Waals surface area (Å²) in [6.45, 7) is 0. The molecule has 0 unspecified atom stereocenters. The van der Waals surface area contributed by atoms with Gasteiger partial charge in [-0.1, -0.05) is 60.7 Å². The van der Waals surface area contributed by atoms with Crippen molar-refractivity contribution in [2.24, 2.45) is 0 Å². The first-order valence-corrected chi connectivity index (χ1v) is 7.93. The molecule has 2 aliphatic rings. The van der Waals surface area contributed by atoms with Gasteiger partial charge in [0.1, 0.15) is 0 Å². The molecule has 0 N–H and O–H groups in total. The van der Waals surface area contributed by atoms with Gasteiger partial charge >= 0.3 is 0 Å². The maximum Gasteiger partial charge on any atom is 0.298 e. The summed E-state index contributed by atoms with van der Waals surface area (Å²) in [5, 5.41) is 23.9. The largest absolute Gasteiger partial charge is 0.298 e. The normalized spacial score (nSPS) is 33.7. The Morgan fingerprint density at radius 1 is 0.708 bits per heavy atom. The van der Waals surface area contributed by atoms with E-state index < -0.39 is 32.8 Å². The zero-order chi connectivity index (χ0) is 16.9. The van der Waals surface area contributed by atoms with Gasteiger partial charge in [-0.25, -0.2) is 0 Å². The highest BCUT2D eigenvalue weighted by Gasteiger charge is 2.93. The fourth-order valence-electron chi connectivity index (χ4n) is 4.34. The second kappa shape index (κ2) is 4.87. The molecule has 2 fully saturated rings. The van der Waals surface area contributed by atoms with Crippen molar-refractivity contribution in [1.82, 2.24) is 0 Å². The first-order chi connectivity index (χ1) is 11.5. The number of rotatable bonds is 5. The highest BCUT2D eigenvalue weighted by atomic mass is 16.7. The molecular weight excluding hydrogens is 308 g/mol. The highest BCUT2D eigenvalue weighted by Crippen LogP contribution is 2.73. The van der Waals surface area contributed by atoms with Gasteiger partial charge in [0.15, 0.2) is 0 Å². The zero-order valence-corrected chi connectivity index (χ0v) is 12.9. The average molecular weight is 324 g/mol. The van der Waals surface area contributed by atoms with E-state index in [1.807, 2.05) is 60.7 Å². The molecule has 0 amide bonds. The van der Waals surface area contributed by atoms with Crippen LogP contribution < -0.4 is 0 Å². The van der Waals surface area contributed by atoms with Gasteiger partial charge in [-0.3, -0.25) is 20.2 Å². The molecule has 4 rings (SSSR count). The van der Waals surface area contributed by atoms with Crippen LogP contribution in [0.4, 0.5) is 0 Å². The highest BCUT2D eigenvalue weighted by molar-refractivity contribution is 5.44. The summed E-state index contributed by atoms with van der Waals surface area (Å²) < 4.78 is 0. The van der Waals surface area contributed by atoms with Gasteiger partial charge in [0, 0.05) is 22.7 Å². The van der Waals surface area contributed by atoms with E-state index in [0.717, 1.165) is 11.1 Å². The van der Waals surface area contributed by atoms with Crippen LogP contribution in [-0.4, -0.2) is 20.9 Å². The molecule has 2 aromatic carbocycles. The van der Waals surface area contributed by atoms with Crippen molar-refractivity contribution < 1.29 is 9.85 Å². The van der Waals surface area contributed by atoms with Crippen molar-refractivity contribution in [3.8, 4) is 0 Å². The lowest BCUT2D eigenvalue weighted by molar-refractivity contribution is -0.644. The van der Waals surface area contributed by atoms with Gasteiger partial charge in [-0.2, -0.15) is 0 Å². The summed E-state index contributed by atoms with van der Waals surface area (Å²) in [7, 11) is 0. The number of nitro groups is 2. The van der Waals surface area contributed by atoms with Crippen LogP contribution >= 0.6 is 0 Å². The Morgan fingerprint density at radius 2 is 1.04 bits per heavy atom. The molecule has 0 radical (unpaired) electrons. The van der Waals surface area contributed by atoms with Gasteiger partial charge in [0.2, 0.25) is 0 Å². The molecule has 2 aliphatic carbocycles. The third-order valence-corrected chi connectivity index (χ3v) is 5.67. The third-order valence-electron chi connectivity index (χ3n) is 5.67. The lowest BCUT2D eigenvalue weighted by Gasteiger charge is -2.16. The molecule has 2 aromatic rings. The Labute approximate surface area is 138 Å². The molecular formula is C18H16N2O4. The molecule has 122 valence electrons.